The first-order valence-corrected chi connectivity index (χ1v) is 9.28. The number of fused-ring (bicyclic) bond motifs is 1. The minimum atomic E-state index is -0.521. The largest absolute Gasteiger partial charge is 0.491 e. The van der Waals surface area contributed by atoms with Crippen molar-refractivity contribution in [3.63, 3.8) is 0 Å². The van der Waals surface area contributed by atoms with E-state index in [4.69, 9.17) is 4.74 Å². The third kappa shape index (κ3) is 4.47. The van der Waals surface area contributed by atoms with Crippen LogP contribution in [0.4, 0.5) is 0 Å². The molecule has 1 unspecified atom stereocenters. The van der Waals surface area contributed by atoms with Gasteiger partial charge >= 0.3 is 0 Å². The summed E-state index contributed by atoms with van der Waals surface area (Å²) in [6.45, 7) is 4.37. The van der Waals surface area contributed by atoms with Crippen molar-refractivity contribution in [1.82, 2.24) is 4.98 Å². The van der Waals surface area contributed by atoms with E-state index in [0.717, 1.165) is 15.6 Å². The minimum absolute atomic E-state index is 0.292. The van der Waals surface area contributed by atoms with Crippen molar-refractivity contribution in [2.75, 3.05) is 12.4 Å². The van der Waals surface area contributed by atoms with Crippen molar-refractivity contribution in [3.8, 4) is 5.75 Å². The summed E-state index contributed by atoms with van der Waals surface area (Å²) in [7, 11) is 0. The molecule has 0 amide bonds. The number of para-hydroxylation sites is 1. The molecule has 23 heavy (non-hydrogen) atoms. The molecule has 3 aromatic rings. The fourth-order valence-corrected chi connectivity index (χ4v) is 4.34. The summed E-state index contributed by atoms with van der Waals surface area (Å²) < 4.78 is 7.86. The van der Waals surface area contributed by atoms with Gasteiger partial charge in [-0.15, -0.1) is 11.3 Å². The van der Waals surface area contributed by atoms with Crippen LogP contribution in [0, 0.1) is 13.8 Å². The number of thioether (sulfide) groups is 1. The van der Waals surface area contributed by atoms with E-state index in [1.165, 1.54) is 15.8 Å². The maximum absolute atomic E-state index is 10.1. The molecular formula is C18H19NO2S2. The average molecular weight is 345 g/mol. The van der Waals surface area contributed by atoms with Gasteiger partial charge in [0.1, 0.15) is 12.4 Å². The van der Waals surface area contributed by atoms with Gasteiger partial charge in [0.2, 0.25) is 0 Å². The zero-order chi connectivity index (χ0) is 16.2. The Kier molecular flexibility index (Phi) is 5.20. The smallest absolute Gasteiger partial charge is 0.151 e. The first-order chi connectivity index (χ1) is 11.1. The number of benzene rings is 2. The summed E-state index contributed by atoms with van der Waals surface area (Å²) in [5.74, 6) is 1.39. The Balaban J connectivity index is 1.52. The molecule has 0 aliphatic carbocycles. The molecule has 3 nitrogen and oxygen atoms in total. The topological polar surface area (TPSA) is 42.4 Å². The third-order valence-corrected chi connectivity index (χ3v) is 5.64. The molecular weight excluding hydrogens is 326 g/mol. The predicted octanol–water partition coefficient (Wildman–Crippen LogP) is 4.45. The van der Waals surface area contributed by atoms with Crippen LogP contribution < -0.4 is 4.74 Å². The molecule has 0 aliphatic rings. The van der Waals surface area contributed by atoms with E-state index in [9.17, 15) is 5.11 Å². The highest BCUT2D eigenvalue weighted by atomic mass is 32.2. The number of aryl methyl sites for hydroxylation is 2. The molecule has 5 heteroatoms. The highest BCUT2D eigenvalue weighted by Gasteiger charge is 2.10. The zero-order valence-corrected chi connectivity index (χ0v) is 14.8. The van der Waals surface area contributed by atoms with Crippen LogP contribution in [0.2, 0.25) is 0 Å². The summed E-state index contributed by atoms with van der Waals surface area (Å²) >= 11 is 3.23. The first kappa shape index (κ1) is 16.3. The van der Waals surface area contributed by atoms with Gasteiger partial charge in [-0.1, -0.05) is 30.0 Å². The standard InChI is InChI=1S/C18H19NO2S2/c1-12-7-13(2)9-15(8-12)21-10-14(20)11-22-18-19-16-5-3-4-6-17(16)23-18/h3-9,14,20H,10-11H2,1-2H3. The monoisotopic (exact) mass is 345 g/mol. The van der Waals surface area contributed by atoms with Crippen LogP contribution in [0.1, 0.15) is 11.1 Å². The van der Waals surface area contributed by atoms with Crippen molar-refractivity contribution in [3.05, 3.63) is 53.6 Å². The van der Waals surface area contributed by atoms with Crippen molar-refractivity contribution in [1.29, 1.82) is 0 Å². The maximum atomic E-state index is 10.1. The van der Waals surface area contributed by atoms with Crippen molar-refractivity contribution in [2.24, 2.45) is 0 Å². The number of hydrogen-bond donors (Lipinski definition) is 1. The molecule has 3 rings (SSSR count). The Hall–Kier alpha value is -1.56. The number of aliphatic hydroxyl groups is 1. The molecule has 1 aromatic heterocycles. The highest BCUT2D eigenvalue weighted by Crippen LogP contribution is 2.29. The SMILES string of the molecule is Cc1cc(C)cc(OCC(O)CSc2nc3ccccc3s2)c1. The summed E-state index contributed by atoms with van der Waals surface area (Å²) in [5, 5.41) is 10.1. The quantitative estimate of drug-likeness (QED) is 0.671. The zero-order valence-electron chi connectivity index (χ0n) is 13.2. The lowest BCUT2D eigenvalue weighted by molar-refractivity contribution is 0.126. The first-order valence-electron chi connectivity index (χ1n) is 7.48. The molecule has 2 aromatic carbocycles. The molecule has 1 N–H and O–H groups in total. The average Bonchev–Trinajstić information content (AvgIpc) is 2.93. The Labute approximate surface area is 144 Å². The number of aliphatic hydroxyl groups excluding tert-OH is 1. The lowest BCUT2D eigenvalue weighted by Gasteiger charge is -2.12. The Morgan fingerprint density at radius 1 is 1.17 bits per heavy atom. The van der Waals surface area contributed by atoms with E-state index in [2.05, 4.69) is 17.1 Å². The van der Waals surface area contributed by atoms with Gasteiger partial charge in [0.15, 0.2) is 4.34 Å². The third-order valence-electron chi connectivity index (χ3n) is 3.31. The second-order valence-electron chi connectivity index (χ2n) is 5.55. The Bertz CT molecular complexity index is 747. The number of rotatable bonds is 6. The molecule has 0 spiro atoms. The molecule has 0 fully saturated rings. The second kappa shape index (κ2) is 7.34. The Morgan fingerprint density at radius 2 is 1.91 bits per heavy atom. The van der Waals surface area contributed by atoms with Gasteiger partial charge in [0.25, 0.3) is 0 Å². The lowest BCUT2D eigenvalue weighted by Crippen LogP contribution is -2.20. The van der Waals surface area contributed by atoms with Crippen LogP contribution in [-0.4, -0.2) is 28.6 Å². The summed E-state index contributed by atoms with van der Waals surface area (Å²) in [6, 6.07) is 14.2. The van der Waals surface area contributed by atoms with Crippen LogP contribution in [0.15, 0.2) is 46.8 Å². The fourth-order valence-electron chi connectivity index (χ4n) is 2.34. The van der Waals surface area contributed by atoms with Gasteiger partial charge in [-0.3, -0.25) is 0 Å². The number of hydrogen-bond acceptors (Lipinski definition) is 5. The molecule has 1 atom stereocenters. The van der Waals surface area contributed by atoms with Gasteiger partial charge < -0.3 is 9.84 Å². The molecule has 0 aliphatic heterocycles. The lowest BCUT2D eigenvalue weighted by atomic mass is 10.1. The molecule has 0 radical (unpaired) electrons. The van der Waals surface area contributed by atoms with Gasteiger partial charge in [-0.05, 0) is 49.2 Å². The minimum Gasteiger partial charge on any atom is -0.491 e. The number of nitrogens with zero attached hydrogens (tertiary/aromatic N) is 1. The molecule has 0 saturated heterocycles. The highest BCUT2D eigenvalue weighted by molar-refractivity contribution is 8.01. The molecule has 0 saturated carbocycles. The van der Waals surface area contributed by atoms with E-state index in [-0.39, 0.29) is 0 Å². The summed E-state index contributed by atoms with van der Waals surface area (Å²) in [6.07, 6.45) is -0.521. The van der Waals surface area contributed by atoms with Gasteiger partial charge in [-0.25, -0.2) is 4.98 Å². The summed E-state index contributed by atoms with van der Waals surface area (Å²) in [4.78, 5) is 4.56. The van der Waals surface area contributed by atoms with E-state index in [1.54, 1.807) is 23.1 Å². The number of ether oxygens (including phenoxy) is 1. The van der Waals surface area contributed by atoms with Crippen LogP contribution in [0.3, 0.4) is 0 Å². The normalized spacial score (nSPS) is 12.5. The van der Waals surface area contributed by atoms with E-state index >= 15 is 0 Å². The van der Waals surface area contributed by atoms with Crippen molar-refractivity contribution >= 4 is 33.3 Å². The fraction of sp³-hybridized carbons (Fsp3) is 0.278. The number of aromatic nitrogens is 1. The second-order valence-corrected chi connectivity index (χ2v) is 7.84. The molecule has 0 bridgehead atoms. The van der Waals surface area contributed by atoms with Crippen LogP contribution in [0.5, 0.6) is 5.75 Å². The predicted molar refractivity (Wildman–Crippen MR) is 97.8 cm³/mol. The van der Waals surface area contributed by atoms with Gasteiger partial charge in [0.05, 0.1) is 16.3 Å². The van der Waals surface area contributed by atoms with Crippen LogP contribution in [-0.2, 0) is 0 Å². The van der Waals surface area contributed by atoms with E-state index < -0.39 is 6.10 Å². The molecule has 120 valence electrons. The van der Waals surface area contributed by atoms with Gasteiger partial charge in [-0.2, -0.15) is 0 Å². The van der Waals surface area contributed by atoms with Gasteiger partial charge in [0, 0.05) is 5.75 Å². The Morgan fingerprint density at radius 3 is 2.65 bits per heavy atom. The van der Waals surface area contributed by atoms with E-state index in [0.29, 0.717) is 12.4 Å². The maximum Gasteiger partial charge on any atom is 0.151 e. The van der Waals surface area contributed by atoms with E-state index in [1.807, 2.05) is 44.2 Å². The molecule has 1 heterocycles. The summed E-state index contributed by atoms with van der Waals surface area (Å²) in [5.41, 5.74) is 3.35. The van der Waals surface area contributed by atoms with Crippen molar-refractivity contribution in [2.45, 2.75) is 24.3 Å². The van der Waals surface area contributed by atoms with Crippen LogP contribution >= 0.6 is 23.1 Å². The van der Waals surface area contributed by atoms with Crippen LogP contribution in [0.25, 0.3) is 10.2 Å². The van der Waals surface area contributed by atoms with Crippen molar-refractivity contribution < 1.29 is 9.84 Å². The number of thiazole rings is 1.